The SMILES string of the molecule is Cc1cc(N(c2ccccc2)c2ccccc2)cc(N(c2ccccc2)c2ccccc2)c1.Cc1ccc(N(C)c2ccc(C)cc2)cc1.Cc1ccc(N(c2ccccc2)c2c3ccccc3cc3ccccc23)cc1.Cc1ccc(N(c2ccccc2)c2ccccc2)cc1.Cc1cccc(N(c2ccccc2)c2ccccc2)c1. The average molecular weight is 1520 g/mol. The lowest BCUT2D eigenvalue weighted by atomic mass is 9.99. The van der Waals surface area contributed by atoms with E-state index in [0.717, 1.165) is 39.8 Å². The van der Waals surface area contributed by atoms with E-state index in [2.05, 4.69) is 521 Å². The third kappa shape index (κ3) is 20.4. The van der Waals surface area contributed by atoms with Crippen LogP contribution >= 0.6 is 0 Å². The molecule has 6 heteroatoms. The summed E-state index contributed by atoms with van der Waals surface area (Å²) >= 11 is 0. The zero-order valence-electron chi connectivity index (χ0n) is 67.6. The normalized spacial score (nSPS) is 10.5. The van der Waals surface area contributed by atoms with Crippen molar-refractivity contribution in [3.05, 3.63) is 500 Å². The molecule has 0 fully saturated rings. The standard InChI is InChI=1S/C31H26N2.C27H21N.2C19H17N.C15H17N/c1-25-22-30(32(26-14-6-2-7-15-26)27-16-8-3-9-17-27)24-31(23-25)33(28-18-10-4-11-19-28)29-20-12-5-13-21-29;1-20-15-17-24(18-16-20)28(23-11-3-2-4-12-23)27-25-13-7-5-9-21(25)19-22-10-6-8-14-26(22)27;1-16-9-8-14-19(15-16)20(17-10-4-2-5-11-17)18-12-6-3-7-13-18;1-16-12-14-19(15-13-16)20(17-8-4-2-5-9-17)18-10-6-3-7-11-18;1-12-4-8-14(9-5-12)16(3)15-10-6-13(2)7-11-15/h2-24H,1H3;2-19H,1H3;2*2-15H,1H3;4-11H,1-3H3. The number of para-hydroxylation sites is 9. The van der Waals surface area contributed by atoms with Gasteiger partial charge >= 0.3 is 0 Å². The molecule has 0 unspecified atom stereocenters. The monoisotopic (exact) mass is 1510 g/mol. The highest BCUT2D eigenvalue weighted by Gasteiger charge is 2.21. The predicted octanol–water partition coefficient (Wildman–Crippen LogP) is 31.7. The van der Waals surface area contributed by atoms with Crippen molar-refractivity contribution in [2.45, 2.75) is 41.5 Å². The van der Waals surface area contributed by atoms with Crippen LogP contribution in [0.3, 0.4) is 0 Å². The molecule has 0 heterocycles. The molecule has 0 bridgehead atoms. The second-order valence-corrected chi connectivity index (χ2v) is 29.1. The lowest BCUT2D eigenvalue weighted by molar-refractivity contribution is 1.20. The molecule has 572 valence electrons. The molecule has 0 aliphatic carbocycles. The highest BCUT2D eigenvalue weighted by Crippen LogP contribution is 2.46. The highest BCUT2D eigenvalue weighted by atomic mass is 15.2. The molecule has 0 saturated heterocycles. The Labute approximate surface area is 692 Å². The summed E-state index contributed by atoms with van der Waals surface area (Å²) in [5, 5.41) is 5.02. The summed E-state index contributed by atoms with van der Waals surface area (Å²) in [5.41, 5.74) is 27.4. The van der Waals surface area contributed by atoms with Crippen LogP contribution in [0.4, 0.5) is 96.7 Å². The van der Waals surface area contributed by atoms with Gasteiger partial charge in [0, 0.05) is 109 Å². The summed E-state index contributed by atoms with van der Waals surface area (Å²) in [6, 6.07) is 164. The van der Waals surface area contributed by atoms with Crippen LogP contribution in [-0.4, -0.2) is 7.05 Å². The molecule has 6 nitrogen and oxygen atoms in total. The Kier molecular flexibility index (Phi) is 26.4. The van der Waals surface area contributed by atoms with Crippen molar-refractivity contribution in [2.75, 3.05) is 36.4 Å². The van der Waals surface area contributed by atoms with Gasteiger partial charge in [0.15, 0.2) is 0 Å². The van der Waals surface area contributed by atoms with E-state index in [4.69, 9.17) is 0 Å². The van der Waals surface area contributed by atoms with Crippen LogP contribution in [0.1, 0.15) is 33.4 Å². The Hall–Kier alpha value is -14.7. The second kappa shape index (κ2) is 39.2. The second-order valence-electron chi connectivity index (χ2n) is 29.1. The smallest absolute Gasteiger partial charge is 0.0618 e. The Bertz CT molecular complexity index is 5690. The lowest BCUT2D eigenvalue weighted by Gasteiger charge is -2.30. The van der Waals surface area contributed by atoms with E-state index < -0.39 is 0 Å². The Morgan fingerprint density at radius 3 is 0.641 bits per heavy atom. The number of fused-ring (bicyclic) bond motifs is 2. The Balaban J connectivity index is 0.000000123. The number of aryl methyl sites for hydroxylation is 6. The maximum Gasteiger partial charge on any atom is 0.0618 e. The molecule has 0 saturated carbocycles. The molecule has 18 aromatic rings. The van der Waals surface area contributed by atoms with Crippen LogP contribution in [0.15, 0.2) is 467 Å². The molecular weight excluding hydrogens is 1420 g/mol. The number of rotatable bonds is 17. The summed E-state index contributed by atoms with van der Waals surface area (Å²) in [7, 11) is 2.09. The zero-order valence-corrected chi connectivity index (χ0v) is 67.6. The van der Waals surface area contributed by atoms with Gasteiger partial charge in [-0.15, -0.1) is 0 Å². The predicted molar refractivity (Wildman–Crippen MR) is 504 cm³/mol. The van der Waals surface area contributed by atoms with Gasteiger partial charge in [0.25, 0.3) is 0 Å². The number of hydrogen-bond acceptors (Lipinski definition) is 6. The fourth-order valence-electron chi connectivity index (χ4n) is 14.5. The van der Waals surface area contributed by atoms with Crippen LogP contribution in [0.5, 0.6) is 0 Å². The molecule has 0 aliphatic heterocycles. The van der Waals surface area contributed by atoms with Gasteiger partial charge < -0.3 is 29.4 Å². The number of nitrogens with zero attached hydrogens (tertiary/aromatic N) is 6. The molecule has 18 rings (SSSR count). The van der Waals surface area contributed by atoms with Crippen molar-refractivity contribution in [1.29, 1.82) is 0 Å². The lowest BCUT2D eigenvalue weighted by Crippen LogP contribution is -2.13. The third-order valence-corrected chi connectivity index (χ3v) is 20.3. The van der Waals surface area contributed by atoms with Gasteiger partial charge in [0.05, 0.1) is 5.69 Å². The summed E-state index contributed by atoms with van der Waals surface area (Å²) in [6.07, 6.45) is 0. The van der Waals surface area contributed by atoms with Crippen LogP contribution in [0.2, 0.25) is 0 Å². The van der Waals surface area contributed by atoms with E-state index >= 15 is 0 Å². The molecule has 0 spiro atoms. The Morgan fingerprint density at radius 1 is 0.137 bits per heavy atom. The fourth-order valence-corrected chi connectivity index (χ4v) is 14.5. The molecular formula is C111H98N6. The summed E-state index contributed by atoms with van der Waals surface area (Å²) in [5.74, 6) is 0. The first kappa shape index (κ1) is 78.9. The van der Waals surface area contributed by atoms with Crippen molar-refractivity contribution < 1.29 is 0 Å². The fraction of sp³-hybridized carbons (Fsp3) is 0.0631. The number of hydrogen-bond donors (Lipinski definition) is 0. The average Bonchev–Trinajstić information content (AvgIpc) is 0.750. The minimum atomic E-state index is 1.12. The van der Waals surface area contributed by atoms with Gasteiger partial charge in [0.2, 0.25) is 0 Å². The number of benzene rings is 18. The summed E-state index contributed by atoms with van der Waals surface area (Å²) in [6.45, 7) is 12.7. The van der Waals surface area contributed by atoms with Gasteiger partial charge in [-0.3, -0.25) is 0 Å². The summed E-state index contributed by atoms with van der Waals surface area (Å²) in [4.78, 5) is 13.7. The van der Waals surface area contributed by atoms with Crippen molar-refractivity contribution in [3.63, 3.8) is 0 Å². The van der Waals surface area contributed by atoms with Gasteiger partial charge in [0.1, 0.15) is 0 Å². The molecule has 0 aromatic heterocycles. The minimum Gasteiger partial charge on any atom is -0.345 e. The van der Waals surface area contributed by atoms with E-state index in [1.807, 2.05) is 24.3 Å². The van der Waals surface area contributed by atoms with E-state index in [-0.39, 0.29) is 0 Å². The maximum atomic E-state index is 2.38. The quantitative estimate of drug-likeness (QED) is 0.0841. The zero-order chi connectivity index (χ0) is 80.5. The molecule has 0 N–H and O–H groups in total. The van der Waals surface area contributed by atoms with Crippen LogP contribution < -0.4 is 29.4 Å². The topological polar surface area (TPSA) is 19.4 Å². The largest absolute Gasteiger partial charge is 0.345 e. The summed E-state index contributed by atoms with van der Waals surface area (Å²) < 4.78 is 0. The van der Waals surface area contributed by atoms with Crippen LogP contribution in [-0.2, 0) is 0 Å². The van der Waals surface area contributed by atoms with Crippen LogP contribution in [0, 0.1) is 41.5 Å². The van der Waals surface area contributed by atoms with E-state index in [9.17, 15) is 0 Å². The van der Waals surface area contributed by atoms with E-state index in [1.165, 1.54) is 112 Å². The first-order valence-electron chi connectivity index (χ1n) is 40.0. The number of anilines is 17. The molecule has 0 aliphatic rings. The van der Waals surface area contributed by atoms with Crippen LogP contribution in [0.25, 0.3) is 21.5 Å². The third-order valence-electron chi connectivity index (χ3n) is 20.3. The molecule has 0 atom stereocenters. The Morgan fingerprint density at radius 2 is 0.350 bits per heavy atom. The van der Waals surface area contributed by atoms with Gasteiger partial charge in [-0.05, 0) is 258 Å². The van der Waals surface area contributed by atoms with Gasteiger partial charge in [-0.25, -0.2) is 0 Å². The maximum absolute atomic E-state index is 2.38. The van der Waals surface area contributed by atoms with Crippen molar-refractivity contribution in [1.82, 2.24) is 0 Å². The van der Waals surface area contributed by atoms with Crippen molar-refractivity contribution in [3.8, 4) is 0 Å². The molecule has 18 aromatic carbocycles. The molecule has 117 heavy (non-hydrogen) atoms. The van der Waals surface area contributed by atoms with Crippen molar-refractivity contribution >= 4 is 118 Å². The first-order chi connectivity index (χ1) is 57.5. The van der Waals surface area contributed by atoms with E-state index in [0.29, 0.717) is 0 Å². The minimum absolute atomic E-state index is 1.12. The van der Waals surface area contributed by atoms with Crippen molar-refractivity contribution in [2.24, 2.45) is 0 Å². The van der Waals surface area contributed by atoms with Gasteiger partial charge in [-0.1, -0.05) is 295 Å². The molecule has 0 amide bonds. The highest BCUT2D eigenvalue weighted by molar-refractivity contribution is 6.14. The van der Waals surface area contributed by atoms with Gasteiger partial charge in [-0.2, -0.15) is 0 Å². The van der Waals surface area contributed by atoms with E-state index in [1.54, 1.807) is 0 Å². The first-order valence-corrected chi connectivity index (χ1v) is 40.0. The molecule has 0 radical (unpaired) electrons.